The quantitative estimate of drug-likeness (QED) is 0.787. The standard InChI is InChI=1S/C14H20BrN5O/c1-3-5-16-13(11-4-6-17-18-9-11)14-12(15)10-19-20(14)7-8-21-2/h4,6,9-10,13,16H,3,5,7-8H2,1-2H3. The Morgan fingerprint density at radius 1 is 1.38 bits per heavy atom. The lowest BCUT2D eigenvalue weighted by Gasteiger charge is -2.20. The molecule has 2 heterocycles. The molecule has 0 bridgehead atoms. The van der Waals surface area contributed by atoms with Gasteiger partial charge in [-0.2, -0.15) is 15.3 Å². The van der Waals surface area contributed by atoms with E-state index in [1.165, 1.54) is 0 Å². The molecule has 1 unspecified atom stereocenters. The Morgan fingerprint density at radius 3 is 2.90 bits per heavy atom. The molecule has 2 rings (SSSR count). The van der Waals surface area contributed by atoms with E-state index in [1.807, 2.05) is 16.9 Å². The summed E-state index contributed by atoms with van der Waals surface area (Å²) in [4.78, 5) is 0. The predicted octanol–water partition coefficient (Wildman–Crippen LogP) is 2.17. The fraction of sp³-hybridized carbons (Fsp3) is 0.500. The molecule has 1 N–H and O–H groups in total. The zero-order chi connectivity index (χ0) is 15.1. The minimum Gasteiger partial charge on any atom is -0.383 e. The predicted molar refractivity (Wildman–Crippen MR) is 84.0 cm³/mol. The van der Waals surface area contributed by atoms with Crippen LogP contribution in [0.15, 0.2) is 29.1 Å². The third-order valence-electron chi connectivity index (χ3n) is 3.15. The number of nitrogens with zero attached hydrogens (tertiary/aromatic N) is 4. The van der Waals surface area contributed by atoms with Gasteiger partial charge in [-0.1, -0.05) is 6.92 Å². The zero-order valence-corrected chi connectivity index (χ0v) is 13.9. The molecular formula is C14H20BrN5O. The van der Waals surface area contributed by atoms with Crippen LogP contribution < -0.4 is 5.32 Å². The molecule has 0 aromatic carbocycles. The second-order valence-corrected chi connectivity index (χ2v) is 5.51. The Bertz CT molecular complexity index is 546. The number of hydrogen-bond donors (Lipinski definition) is 1. The van der Waals surface area contributed by atoms with Crippen LogP contribution in [0.2, 0.25) is 0 Å². The van der Waals surface area contributed by atoms with Crippen molar-refractivity contribution in [2.45, 2.75) is 25.9 Å². The van der Waals surface area contributed by atoms with Crippen LogP contribution in [0.4, 0.5) is 0 Å². The topological polar surface area (TPSA) is 64.9 Å². The van der Waals surface area contributed by atoms with E-state index in [4.69, 9.17) is 4.74 Å². The average Bonchev–Trinajstić information content (AvgIpc) is 2.88. The van der Waals surface area contributed by atoms with Crippen LogP contribution in [-0.4, -0.2) is 40.2 Å². The van der Waals surface area contributed by atoms with E-state index in [1.54, 1.807) is 19.5 Å². The summed E-state index contributed by atoms with van der Waals surface area (Å²) in [5.41, 5.74) is 2.15. The van der Waals surface area contributed by atoms with Gasteiger partial charge in [0.25, 0.3) is 0 Å². The first kappa shape index (κ1) is 16.1. The monoisotopic (exact) mass is 353 g/mol. The van der Waals surface area contributed by atoms with Crippen LogP contribution in [0.3, 0.4) is 0 Å². The van der Waals surface area contributed by atoms with E-state index in [9.17, 15) is 0 Å². The molecule has 21 heavy (non-hydrogen) atoms. The first-order valence-electron chi connectivity index (χ1n) is 6.98. The van der Waals surface area contributed by atoms with Gasteiger partial charge in [0.2, 0.25) is 0 Å². The minimum absolute atomic E-state index is 0.0224. The Kier molecular flexibility index (Phi) is 6.28. The highest BCUT2D eigenvalue weighted by Crippen LogP contribution is 2.28. The van der Waals surface area contributed by atoms with E-state index >= 15 is 0 Å². The first-order chi connectivity index (χ1) is 10.3. The molecule has 0 saturated heterocycles. The fourth-order valence-electron chi connectivity index (χ4n) is 2.15. The van der Waals surface area contributed by atoms with Gasteiger partial charge >= 0.3 is 0 Å². The molecule has 0 amide bonds. The SMILES string of the molecule is CCCNC(c1ccnnc1)c1c(Br)cnn1CCOC. The molecule has 2 aromatic heterocycles. The van der Waals surface area contributed by atoms with Gasteiger partial charge in [-0.3, -0.25) is 4.68 Å². The molecular weight excluding hydrogens is 334 g/mol. The molecule has 114 valence electrons. The van der Waals surface area contributed by atoms with Gasteiger partial charge in [0.15, 0.2) is 0 Å². The molecule has 0 spiro atoms. The summed E-state index contributed by atoms with van der Waals surface area (Å²) in [6, 6.07) is 2.00. The zero-order valence-electron chi connectivity index (χ0n) is 12.3. The molecule has 0 radical (unpaired) electrons. The molecule has 0 saturated carbocycles. The summed E-state index contributed by atoms with van der Waals surface area (Å²) in [5.74, 6) is 0. The Labute approximate surface area is 133 Å². The van der Waals surface area contributed by atoms with Crippen molar-refractivity contribution in [2.75, 3.05) is 20.3 Å². The van der Waals surface area contributed by atoms with Crippen molar-refractivity contribution in [2.24, 2.45) is 0 Å². The van der Waals surface area contributed by atoms with Gasteiger partial charge < -0.3 is 10.1 Å². The third kappa shape index (κ3) is 4.09. The van der Waals surface area contributed by atoms with Crippen molar-refractivity contribution < 1.29 is 4.74 Å². The number of hydrogen-bond acceptors (Lipinski definition) is 5. The van der Waals surface area contributed by atoms with Crippen LogP contribution in [-0.2, 0) is 11.3 Å². The number of aromatic nitrogens is 4. The maximum absolute atomic E-state index is 5.16. The summed E-state index contributed by atoms with van der Waals surface area (Å²) in [7, 11) is 1.69. The van der Waals surface area contributed by atoms with Gasteiger partial charge in [0.1, 0.15) is 0 Å². The van der Waals surface area contributed by atoms with E-state index in [2.05, 4.69) is 43.5 Å². The Balaban J connectivity index is 2.34. The molecule has 0 fully saturated rings. The van der Waals surface area contributed by atoms with Gasteiger partial charge in [0.05, 0.1) is 41.8 Å². The van der Waals surface area contributed by atoms with E-state index in [0.717, 1.165) is 28.7 Å². The number of ether oxygens (including phenoxy) is 1. The Hall–Kier alpha value is -1.31. The second kappa shape index (κ2) is 8.21. The lowest BCUT2D eigenvalue weighted by Crippen LogP contribution is -2.27. The van der Waals surface area contributed by atoms with Gasteiger partial charge in [0, 0.05) is 13.3 Å². The summed E-state index contributed by atoms with van der Waals surface area (Å²) < 4.78 is 8.09. The molecule has 7 heteroatoms. The first-order valence-corrected chi connectivity index (χ1v) is 7.77. The van der Waals surface area contributed by atoms with Crippen molar-refractivity contribution in [1.29, 1.82) is 0 Å². The van der Waals surface area contributed by atoms with Crippen LogP contribution >= 0.6 is 15.9 Å². The molecule has 0 aliphatic heterocycles. The van der Waals surface area contributed by atoms with Crippen molar-refractivity contribution in [3.8, 4) is 0 Å². The van der Waals surface area contributed by atoms with Gasteiger partial charge in [-0.15, -0.1) is 0 Å². The third-order valence-corrected chi connectivity index (χ3v) is 3.76. The molecule has 2 aromatic rings. The number of rotatable bonds is 8. The Morgan fingerprint density at radius 2 is 2.24 bits per heavy atom. The maximum Gasteiger partial charge on any atom is 0.0776 e. The molecule has 1 atom stereocenters. The van der Waals surface area contributed by atoms with E-state index in [0.29, 0.717) is 13.2 Å². The minimum atomic E-state index is 0.0224. The van der Waals surface area contributed by atoms with Crippen molar-refractivity contribution in [3.63, 3.8) is 0 Å². The highest BCUT2D eigenvalue weighted by atomic mass is 79.9. The van der Waals surface area contributed by atoms with E-state index < -0.39 is 0 Å². The smallest absolute Gasteiger partial charge is 0.0776 e. The number of halogens is 1. The van der Waals surface area contributed by atoms with Gasteiger partial charge in [-0.05, 0) is 40.5 Å². The summed E-state index contributed by atoms with van der Waals surface area (Å²) in [5, 5.41) is 15.8. The second-order valence-electron chi connectivity index (χ2n) is 4.66. The highest BCUT2D eigenvalue weighted by molar-refractivity contribution is 9.10. The number of nitrogens with one attached hydrogen (secondary N) is 1. The molecule has 6 nitrogen and oxygen atoms in total. The van der Waals surface area contributed by atoms with Crippen LogP contribution in [0.1, 0.15) is 30.6 Å². The highest BCUT2D eigenvalue weighted by Gasteiger charge is 2.21. The summed E-state index contributed by atoms with van der Waals surface area (Å²) >= 11 is 3.60. The lowest BCUT2D eigenvalue weighted by molar-refractivity contribution is 0.182. The van der Waals surface area contributed by atoms with Crippen molar-refractivity contribution >= 4 is 15.9 Å². The summed E-state index contributed by atoms with van der Waals surface area (Å²) in [6.45, 7) is 4.39. The van der Waals surface area contributed by atoms with Crippen molar-refractivity contribution in [3.05, 3.63) is 40.4 Å². The van der Waals surface area contributed by atoms with E-state index in [-0.39, 0.29) is 6.04 Å². The van der Waals surface area contributed by atoms with Gasteiger partial charge in [-0.25, -0.2) is 0 Å². The van der Waals surface area contributed by atoms with Crippen LogP contribution in [0.5, 0.6) is 0 Å². The van der Waals surface area contributed by atoms with Crippen LogP contribution in [0, 0.1) is 0 Å². The fourth-order valence-corrected chi connectivity index (χ4v) is 2.67. The summed E-state index contributed by atoms with van der Waals surface area (Å²) in [6.07, 6.45) is 6.37. The normalized spacial score (nSPS) is 12.5. The number of methoxy groups -OCH3 is 1. The lowest BCUT2D eigenvalue weighted by atomic mass is 10.1. The average molecular weight is 354 g/mol. The largest absolute Gasteiger partial charge is 0.383 e. The van der Waals surface area contributed by atoms with Crippen LogP contribution in [0.25, 0.3) is 0 Å². The molecule has 0 aliphatic carbocycles. The van der Waals surface area contributed by atoms with Crippen molar-refractivity contribution in [1.82, 2.24) is 25.3 Å². The maximum atomic E-state index is 5.16. The molecule has 0 aliphatic rings.